The van der Waals surface area contributed by atoms with Crippen LogP contribution in [0.2, 0.25) is 0 Å². The fourth-order valence-corrected chi connectivity index (χ4v) is 3.84. The van der Waals surface area contributed by atoms with Crippen molar-refractivity contribution in [1.29, 1.82) is 0 Å². The average Bonchev–Trinajstić information content (AvgIpc) is 2.67. The summed E-state index contributed by atoms with van der Waals surface area (Å²) in [4.78, 5) is 0. The normalized spacial score (nSPS) is 26.5. The summed E-state index contributed by atoms with van der Waals surface area (Å²) < 4.78 is 7.93. The second-order valence-corrected chi connectivity index (χ2v) is 7.42. The van der Waals surface area contributed by atoms with Gasteiger partial charge in [0.05, 0.1) is 6.10 Å². The molecule has 1 aromatic rings. The zero-order valence-electron chi connectivity index (χ0n) is 13.0. The van der Waals surface area contributed by atoms with Crippen molar-refractivity contribution in [1.82, 2.24) is 4.57 Å². The van der Waals surface area contributed by atoms with Gasteiger partial charge in [0, 0.05) is 36.7 Å². The van der Waals surface area contributed by atoms with Crippen molar-refractivity contribution in [3.05, 3.63) is 23.0 Å². The van der Waals surface area contributed by atoms with Crippen molar-refractivity contribution in [3.8, 4) is 0 Å². The summed E-state index contributed by atoms with van der Waals surface area (Å²) in [7, 11) is 0. The standard InChI is InChI=1S/C17H27NO2/c1-12-8-14-15(9-17(2,3)10-16(14)19)18(12)11-13-4-6-20-7-5-13/h8,13,16,19H,4-7,9-11H2,1-3H3. The smallest absolute Gasteiger partial charge is 0.0812 e. The lowest BCUT2D eigenvalue weighted by Gasteiger charge is -2.34. The Balaban J connectivity index is 1.88. The molecule has 1 fully saturated rings. The predicted octanol–water partition coefficient (Wildman–Crippen LogP) is 3.23. The van der Waals surface area contributed by atoms with Gasteiger partial charge in [-0.3, -0.25) is 0 Å². The van der Waals surface area contributed by atoms with Crippen LogP contribution in [0.25, 0.3) is 0 Å². The van der Waals surface area contributed by atoms with Gasteiger partial charge in [-0.05, 0) is 50.0 Å². The molecule has 0 spiro atoms. The Morgan fingerprint density at radius 3 is 2.75 bits per heavy atom. The number of hydrogen-bond donors (Lipinski definition) is 1. The molecule has 1 aliphatic carbocycles. The number of aliphatic hydroxyl groups is 1. The minimum absolute atomic E-state index is 0.199. The fourth-order valence-electron chi connectivity index (χ4n) is 3.84. The van der Waals surface area contributed by atoms with Crippen molar-refractivity contribution in [2.45, 2.75) is 59.1 Å². The van der Waals surface area contributed by atoms with Crippen LogP contribution < -0.4 is 0 Å². The lowest BCUT2D eigenvalue weighted by Crippen LogP contribution is -2.28. The number of aromatic nitrogens is 1. The largest absolute Gasteiger partial charge is 0.388 e. The molecule has 1 saturated heterocycles. The summed E-state index contributed by atoms with van der Waals surface area (Å²) in [5, 5.41) is 10.4. The summed E-state index contributed by atoms with van der Waals surface area (Å²) in [5.41, 5.74) is 4.05. The highest BCUT2D eigenvalue weighted by Crippen LogP contribution is 2.42. The molecule has 1 aromatic heterocycles. The second-order valence-electron chi connectivity index (χ2n) is 7.42. The highest BCUT2D eigenvalue weighted by atomic mass is 16.5. The first-order valence-electron chi connectivity index (χ1n) is 7.91. The molecule has 1 atom stereocenters. The third kappa shape index (κ3) is 2.66. The van der Waals surface area contributed by atoms with Crippen LogP contribution in [0.4, 0.5) is 0 Å². The van der Waals surface area contributed by atoms with Gasteiger partial charge in [0.25, 0.3) is 0 Å². The second kappa shape index (κ2) is 5.19. The number of fused-ring (bicyclic) bond motifs is 1. The molecule has 1 aliphatic heterocycles. The van der Waals surface area contributed by atoms with Crippen molar-refractivity contribution in [2.24, 2.45) is 11.3 Å². The Bertz CT molecular complexity index is 483. The van der Waals surface area contributed by atoms with Crippen molar-refractivity contribution in [2.75, 3.05) is 13.2 Å². The van der Waals surface area contributed by atoms with E-state index in [-0.39, 0.29) is 11.5 Å². The molecule has 3 nitrogen and oxygen atoms in total. The molecule has 2 aliphatic rings. The molecule has 0 saturated carbocycles. The van der Waals surface area contributed by atoms with E-state index in [9.17, 15) is 5.11 Å². The van der Waals surface area contributed by atoms with E-state index in [1.54, 1.807) is 0 Å². The molecular weight excluding hydrogens is 250 g/mol. The Morgan fingerprint density at radius 2 is 2.05 bits per heavy atom. The summed E-state index contributed by atoms with van der Waals surface area (Å²) >= 11 is 0. The van der Waals surface area contributed by atoms with E-state index in [1.165, 1.54) is 29.8 Å². The number of nitrogens with zero attached hydrogens (tertiary/aromatic N) is 1. The lowest BCUT2D eigenvalue weighted by molar-refractivity contribution is 0.0598. The van der Waals surface area contributed by atoms with Gasteiger partial charge in [0.15, 0.2) is 0 Å². The van der Waals surface area contributed by atoms with Gasteiger partial charge in [0.1, 0.15) is 0 Å². The van der Waals surface area contributed by atoms with Crippen molar-refractivity contribution >= 4 is 0 Å². The van der Waals surface area contributed by atoms with Crippen LogP contribution in [-0.2, 0) is 17.7 Å². The topological polar surface area (TPSA) is 34.4 Å². The maximum absolute atomic E-state index is 10.4. The molecule has 0 radical (unpaired) electrons. The molecule has 0 bridgehead atoms. The molecular formula is C17H27NO2. The van der Waals surface area contributed by atoms with E-state index in [2.05, 4.69) is 31.4 Å². The number of ether oxygens (including phenoxy) is 1. The SMILES string of the molecule is Cc1cc2c(n1CC1CCOCC1)CC(C)(C)CC2O. The lowest BCUT2D eigenvalue weighted by atomic mass is 9.75. The minimum atomic E-state index is -0.289. The Kier molecular flexibility index (Phi) is 3.67. The van der Waals surface area contributed by atoms with Crippen LogP contribution in [0, 0.1) is 18.3 Å². The Morgan fingerprint density at radius 1 is 1.35 bits per heavy atom. The molecule has 0 amide bonds. The molecule has 3 rings (SSSR count). The van der Waals surface area contributed by atoms with E-state index in [0.29, 0.717) is 0 Å². The van der Waals surface area contributed by atoms with Gasteiger partial charge < -0.3 is 14.4 Å². The monoisotopic (exact) mass is 277 g/mol. The molecule has 2 heterocycles. The van der Waals surface area contributed by atoms with E-state index < -0.39 is 0 Å². The Labute approximate surface area is 121 Å². The predicted molar refractivity (Wildman–Crippen MR) is 79.8 cm³/mol. The maximum Gasteiger partial charge on any atom is 0.0812 e. The van der Waals surface area contributed by atoms with Crippen LogP contribution in [0.1, 0.15) is 56.2 Å². The van der Waals surface area contributed by atoms with Gasteiger partial charge in [-0.2, -0.15) is 0 Å². The third-order valence-corrected chi connectivity index (χ3v) is 4.98. The zero-order valence-corrected chi connectivity index (χ0v) is 13.0. The first-order valence-corrected chi connectivity index (χ1v) is 7.91. The van der Waals surface area contributed by atoms with E-state index in [4.69, 9.17) is 4.74 Å². The van der Waals surface area contributed by atoms with Gasteiger partial charge in [-0.25, -0.2) is 0 Å². The van der Waals surface area contributed by atoms with Gasteiger partial charge in [-0.15, -0.1) is 0 Å². The molecule has 1 N–H and O–H groups in total. The van der Waals surface area contributed by atoms with Crippen LogP contribution in [0.5, 0.6) is 0 Å². The van der Waals surface area contributed by atoms with Crippen molar-refractivity contribution < 1.29 is 9.84 Å². The number of hydrogen-bond acceptors (Lipinski definition) is 2. The highest BCUT2D eigenvalue weighted by Gasteiger charge is 2.34. The van der Waals surface area contributed by atoms with Gasteiger partial charge in [0.2, 0.25) is 0 Å². The summed E-state index contributed by atoms with van der Waals surface area (Å²) in [6.45, 7) is 9.60. The van der Waals surface area contributed by atoms with Crippen LogP contribution in [0.15, 0.2) is 6.07 Å². The fraction of sp³-hybridized carbons (Fsp3) is 0.765. The maximum atomic E-state index is 10.4. The van der Waals surface area contributed by atoms with Crippen LogP contribution >= 0.6 is 0 Å². The zero-order chi connectivity index (χ0) is 14.3. The molecule has 112 valence electrons. The molecule has 0 aromatic carbocycles. The van der Waals surface area contributed by atoms with Crippen LogP contribution in [-0.4, -0.2) is 22.9 Å². The molecule has 3 heteroatoms. The van der Waals surface area contributed by atoms with Gasteiger partial charge in [-0.1, -0.05) is 13.8 Å². The van der Waals surface area contributed by atoms with E-state index in [0.717, 1.165) is 38.5 Å². The summed E-state index contributed by atoms with van der Waals surface area (Å²) in [6.07, 6.45) is 4.00. The Hall–Kier alpha value is -0.800. The molecule has 20 heavy (non-hydrogen) atoms. The first kappa shape index (κ1) is 14.2. The first-order chi connectivity index (χ1) is 9.46. The van der Waals surface area contributed by atoms with E-state index in [1.807, 2.05) is 0 Å². The van der Waals surface area contributed by atoms with Gasteiger partial charge >= 0.3 is 0 Å². The third-order valence-electron chi connectivity index (χ3n) is 4.98. The quantitative estimate of drug-likeness (QED) is 0.900. The van der Waals surface area contributed by atoms with E-state index >= 15 is 0 Å². The number of aliphatic hydroxyl groups excluding tert-OH is 1. The highest BCUT2D eigenvalue weighted by molar-refractivity contribution is 5.33. The average molecular weight is 277 g/mol. The van der Waals surface area contributed by atoms with Crippen molar-refractivity contribution in [3.63, 3.8) is 0 Å². The van der Waals surface area contributed by atoms with Crippen LogP contribution in [0.3, 0.4) is 0 Å². The number of aryl methyl sites for hydroxylation is 1. The summed E-state index contributed by atoms with van der Waals surface area (Å²) in [5.74, 6) is 0.723. The minimum Gasteiger partial charge on any atom is -0.388 e. The summed E-state index contributed by atoms with van der Waals surface area (Å²) in [6, 6.07) is 2.20. The molecule has 1 unspecified atom stereocenters. The number of rotatable bonds is 2.